The minimum atomic E-state index is -1.69. The first kappa shape index (κ1) is 16.5. The van der Waals surface area contributed by atoms with Crippen LogP contribution in [0.1, 0.15) is 12.5 Å². The van der Waals surface area contributed by atoms with Crippen molar-refractivity contribution in [2.45, 2.75) is 25.1 Å². The summed E-state index contributed by atoms with van der Waals surface area (Å²) in [6.45, 7) is 1.67. The number of aliphatic hydroxyl groups excluding tert-OH is 1. The Kier molecular flexibility index (Phi) is 5.17. The van der Waals surface area contributed by atoms with E-state index in [9.17, 15) is 13.9 Å². The molecule has 0 saturated heterocycles. The average molecular weight is 312 g/mol. The first-order chi connectivity index (χ1) is 10.5. The maximum atomic E-state index is 14.1. The van der Waals surface area contributed by atoms with Gasteiger partial charge in [0.1, 0.15) is 29.9 Å². The monoisotopic (exact) mass is 312 g/mol. The Morgan fingerprint density at radius 2 is 2.18 bits per heavy atom. The van der Waals surface area contributed by atoms with Gasteiger partial charge in [0.25, 0.3) is 0 Å². The lowest BCUT2D eigenvalue weighted by Gasteiger charge is -2.35. The zero-order valence-electron chi connectivity index (χ0n) is 12.1. The molecular formula is C14H18F2N4O2. The fourth-order valence-corrected chi connectivity index (χ4v) is 2.31. The van der Waals surface area contributed by atoms with E-state index in [1.807, 2.05) is 0 Å². The molecule has 0 spiro atoms. The van der Waals surface area contributed by atoms with Gasteiger partial charge < -0.3 is 15.5 Å². The van der Waals surface area contributed by atoms with Crippen molar-refractivity contribution < 1.29 is 19.0 Å². The molecule has 0 radical (unpaired) electrons. The Bertz CT molecular complexity index is 609. The molecule has 0 amide bonds. The molecule has 0 aliphatic carbocycles. The second kappa shape index (κ2) is 6.91. The van der Waals surface area contributed by atoms with E-state index in [-0.39, 0.29) is 25.3 Å². The van der Waals surface area contributed by atoms with Crippen LogP contribution in [0.3, 0.4) is 0 Å². The number of aromatic nitrogens is 3. The van der Waals surface area contributed by atoms with Gasteiger partial charge >= 0.3 is 0 Å². The van der Waals surface area contributed by atoms with Crippen LogP contribution in [0.4, 0.5) is 8.78 Å². The summed E-state index contributed by atoms with van der Waals surface area (Å²) in [6, 6.07) is 2.40. The molecule has 0 aliphatic heterocycles. The summed E-state index contributed by atoms with van der Waals surface area (Å²) in [7, 11) is 0. The molecule has 1 aromatic carbocycles. The lowest BCUT2D eigenvalue weighted by Crippen LogP contribution is -2.50. The van der Waals surface area contributed by atoms with E-state index in [0.29, 0.717) is 0 Å². The fraction of sp³-hybridized carbons (Fsp3) is 0.429. The number of hydrogen-bond donors (Lipinski definition) is 3. The second-order valence-corrected chi connectivity index (χ2v) is 5.04. The van der Waals surface area contributed by atoms with Crippen LogP contribution < -0.4 is 5.32 Å². The number of hydrogen-bond acceptors (Lipinski definition) is 5. The van der Waals surface area contributed by atoms with Crippen LogP contribution in [0.25, 0.3) is 0 Å². The largest absolute Gasteiger partial charge is 0.395 e. The average Bonchev–Trinajstić information content (AvgIpc) is 2.97. The van der Waals surface area contributed by atoms with Crippen LogP contribution >= 0.6 is 0 Å². The summed E-state index contributed by atoms with van der Waals surface area (Å²) in [5, 5.41) is 26.7. The molecule has 1 aromatic heterocycles. The van der Waals surface area contributed by atoms with Crippen LogP contribution in [-0.4, -0.2) is 44.2 Å². The van der Waals surface area contributed by atoms with Gasteiger partial charge in [-0.1, -0.05) is 6.07 Å². The number of rotatable bonds is 7. The summed E-state index contributed by atoms with van der Waals surface area (Å²) in [4.78, 5) is 3.78. The smallest absolute Gasteiger partial charge is 0.137 e. The molecule has 3 N–H and O–H groups in total. The van der Waals surface area contributed by atoms with Gasteiger partial charge in [-0.3, -0.25) is 0 Å². The number of nitrogens with one attached hydrogen (secondary N) is 1. The Hall–Kier alpha value is -1.90. The quantitative estimate of drug-likeness (QED) is 0.690. The molecule has 0 aliphatic rings. The molecule has 2 rings (SSSR count). The van der Waals surface area contributed by atoms with Crippen LogP contribution in [-0.2, 0) is 12.1 Å². The third-order valence-electron chi connectivity index (χ3n) is 3.55. The van der Waals surface area contributed by atoms with Gasteiger partial charge in [0.05, 0.1) is 13.2 Å². The maximum Gasteiger partial charge on any atom is 0.137 e. The molecule has 0 unspecified atom stereocenters. The molecule has 0 saturated carbocycles. The van der Waals surface area contributed by atoms with Crippen LogP contribution in [0.5, 0.6) is 0 Å². The number of aliphatic hydroxyl groups is 2. The SMILES string of the molecule is C[C@@H](NCCO)[C@](O)(Cn1cncn1)c1ccc(F)cc1F. The van der Waals surface area contributed by atoms with E-state index < -0.39 is 23.3 Å². The Labute approximate surface area is 126 Å². The molecule has 8 heteroatoms. The van der Waals surface area contributed by atoms with E-state index >= 15 is 0 Å². The Balaban J connectivity index is 2.39. The van der Waals surface area contributed by atoms with E-state index in [4.69, 9.17) is 5.11 Å². The van der Waals surface area contributed by atoms with Crippen molar-refractivity contribution in [3.05, 3.63) is 48.1 Å². The highest BCUT2D eigenvalue weighted by Gasteiger charge is 2.38. The third-order valence-corrected chi connectivity index (χ3v) is 3.55. The number of nitrogens with zero attached hydrogens (tertiary/aromatic N) is 3. The zero-order chi connectivity index (χ0) is 16.2. The highest BCUT2D eigenvalue weighted by molar-refractivity contribution is 5.27. The predicted octanol–water partition coefficient (Wildman–Crippen LogP) is 0.415. The Morgan fingerprint density at radius 1 is 1.41 bits per heavy atom. The highest BCUT2D eigenvalue weighted by atomic mass is 19.1. The van der Waals surface area contributed by atoms with E-state index in [2.05, 4.69) is 15.4 Å². The van der Waals surface area contributed by atoms with Gasteiger partial charge in [0.15, 0.2) is 0 Å². The van der Waals surface area contributed by atoms with E-state index in [1.54, 1.807) is 6.92 Å². The topological polar surface area (TPSA) is 83.2 Å². The molecular weight excluding hydrogens is 294 g/mol. The van der Waals surface area contributed by atoms with Crippen molar-refractivity contribution in [1.82, 2.24) is 20.1 Å². The summed E-state index contributed by atoms with van der Waals surface area (Å²) >= 11 is 0. The first-order valence-corrected chi connectivity index (χ1v) is 6.82. The number of benzene rings is 1. The second-order valence-electron chi connectivity index (χ2n) is 5.04. The van der Waals surface area contributed by atoms with Crippen molar-refractivity contribution >= 4 is 0 Å². The normalized spacial score (nSPS) is 15.5. The molecule has 2 aromatic rings. The number of halogens is 2. The summed E-state index contributed by atoms with van der Waals surface area (Å²) in [5.41, 5.74) is -1.75. The van der Waals surface area contributed by atoms with Crippen LogP contribution in [0.15, 0.2) is 30.9 Å². The van der Waals surface area contributed by atoms with Gasteiger partial charge in [0, 0.05) is 24.2 Å². The van der Waals surface area contributed by atoms with E-state index in [0.717, 1.165) is 12.1 Å². The minimum absolute atomic E-state index is 0.0534. The van der Waals surface area contributed by atoms with Gasteiger partial charge in [0.2, 0.25) is 0 Å². The molecule has 0 fully saturated rings. The van der Waals surface area contributed by atoms with E-state index in [1.165, 1.54) is 23.4 Å². The zero-order valence-corrected chi connectivity index (χ0v) is 12.1. The van der Waals surface area contributed by atoms with Crippen LogP contribution in [0.2, 0.25) is 0 Å². The lowest BCUT2D eigenvalue weighted by atomic mass is 9.86. The van der Waals surface area contributed by atoms with Crippen LogP contribution in [0, 0.1) is 11.6 Å². The van der Waals surface area contributed by atoms with Gasteiger partial charge in [-0.2, -0.15) is 5.10 Å². The summed E-state index contributed by atoms with van der Waals surface area (Å²) in [5.74, 6) is -1.57. The fourth-order valence-electron chi connectivity index (χ4n) is 2.31. The molecule has 1 heterocycles. The first-order valence-electron chi connectivity index (χ1n) is 6.82. The van der Waals surface area contributed by atoms with Crippen molar-refractivity contribution in [3.63, 3.8) is 0 Å². The van der Waals surface area contributed by atoms with Gasteiger partial charge in [-0.15, -0.1) is 0 Å². The standard InChI is InChI=1S/C14H18F2N4O2/c1-10(18-4-5-21)14(22,7-20-9-17-8-19-20)12-3-2-11(15)6-13(12)16/h2-3,6,8-10,18,21-22H,4-5,7H2,1H3/t10-,14-/m1/s1. The van der Waals surface area contributed by atoms with Gasteiger partial charge in [-0.05, 0) is 13.0 Å². The Morgan fingerprint density at radius 3 is 2.77 bits per heavy atom. The van der Waals surface area contributed by atoms with Crippen molar-refractivity contribution in [3.8, 4) is 0 Å². The predicted molar refractivity (Wildman–Crippen MR) is 74.8 cm³/mol. The highest BCUT2D eigenvalue weighted by Crippen LogP contribution is 2.29. The van der Waals surface area contributed by atoms with Crippen molar-refractivity contribution in [2.24, 2.45) is 0 Å². The molecule has 0 bridgehead atoms. The summed E-state index contributed by atoms with van der Waals surface area (Å²) < 4.78 is 28.6. The lowest BCUT2D eigenvalue weighted by molar-refractivity contribution is -0.0208. The third kappa shape index (κ3) is 3.46. The molecule has 2 atom stereocenters. The maximum absolute atomic E-state index is 14.1. The van der Waals surface area contributed by atoms with Crippen molar-refractivity contribution in [2.75, 3.05) is 13.2 Å². The molecule has 120 valence electrons. The van der Waals surface area contributed by atoms with Crippen molar-refractivity contribution in [1.29, 1.82) is 0 Å². The molecule has 22 heavy (non-hydrogen) atoms. The van der Waals surface area contributed by atoms with Gasteiger partial charge in [-0.25, -0.2) is 18.4 Å². The minimum Gasteiger partial charge on any atom is -0.395 e. The summed E-state index contributed by atoms with van der Waals surface area (Å²) in [6.07, 6.45) is 2.69. The molecule has 6 nitrogen and oxygen atoms in total.